The van der Waals surface area contributed by atoms with Crippen LogP contribution < -0.4 is 11.4 Å². The largest absolute Gasteiger partial charge is 0.334 e. The second kappa shape index (κ2) is 7.47. The molecule has 2 N–H and O–H groups in total. The predicted molar refractivity (Wildman–Crippen MR) is 117 cm³/mol. The van der Waals surface area contributed by atoms with E-state index in [2.05, 4.69) is 15.1 Å². The molecular weight excluding hydrogens is 426 g/mol. The Morgan fingerprint density at radius 3 is 2.76 bits per heavy atom. The van der Waals surface area contributed by atoms with Crippen molar-refractivity contribution in [1.29, 1.82) is 0 Å². The lowest BCUT2D eigenvalue weighted by Gasteiger charge is -2.06. The fraction of sp³-hybridized carbons (Fsp3) is 0.0526. The van der Waals surface area contributed by atoms with Gasteiger partial charge in [-0.25, -0.2) is 9.66 Å². The summed E-state index contributed by atoms with van der Waals surface area (Å²) in [5.74, 6) is 7.44. The Morgan fingerprint density at radius 1 is 1.10 bits per heavy atom. The normalized spacial score (nSPS) is 11.3. The van der Waals surface area contributed by atoms with Crippen LogP contribution in [0, 0.1) is 0 Å². The highest BCUT2D eigenvalue weighted by Crippen LogP contribution is 2.32. The zero-order valence-electron chi connectivity index (χ0n) is 14.8. The van der Waals surface area contributed by atoms with Crippen molar-refractivity contribution in [3.8, 4) is 22.6 Å². The second-order valence-electron chi connectivity index (χ2n) is 6.08. The summed E-state index contributed by atoms with van der Waals surface area (Å²) < 4.78 is 6.38. The van der Waals surface area contributed by atoms with Crippen LogP contribution in [-0.2, 0) is 5.75 Å². The van der Waals surface area contributed by atoms with Gasteiger partial charge in [0.25, 0.3) is 11.4 Å². The van der Waals surface area contributed by atoms with Crippen LogP contribution in [0.4, 0.5) is 0 Å². The minimum absolute atomic E-state index is 0.273. The van der Waals surface area contributed by atoms with Crippen molar-refractivity contribution < 1.29 is 4.52 Å². The van der Waals surface area contributed by atoms with Gasteiger partial charge in [-0.2, -0.15) is 16.3 Å². The number of thiophene rings is 2. The van der Waals surface area contributed by atoms with Crippen LogP contribution >= 0.6 is 34.4 Å². The third kappa shape index (κ3) is 3.35. The van der Waals surface area contributed by atoms with Crippen LogP contribution in [-0.4, -0.2) is 19.8 Å². The Kier molecular flexibility index (Phi) is 4.66. The van der Waals surface area contributed by atoms with Crippen LogP contribution in [0.2, 0.25) is 0 Å². The Labute approximate surface area is 176 Å². The molecule has 5 rings (SSSR count). The van der Waals surface area contributed by atoms with Gasteiger partial charge in [0.05, 0.1) is 16.7 Å². The molecule has 144 valence electrons. The summed E-state index contributed by atoms with van der Waals surface area (Å²) in [5.41, 5.74) is 2.42. The molecule has 5 aromatic rings. The van der Waals surface area contributed by atoms with Crippen molar-refractivity contribution in [3.63, 3.8) is 0 Å². The molecule has 0 unspecified atom stereocenters. The highest BCUT2D eigenvalue weighted by Gasteiger charge is 2.17. The molecule has 0 spiro atoms. The molecule has 0 saturated carbocycles. The van der Waals surface area contributed by atoms with E-state index in [9.17, 15) is 4.79 Å². The predicted octanol–water partition coefficient (Wildman–Crippen LogP) is 4.24. The van der Waals surface area contributed by atoms with Gasteiger partial charge in [-0.05, 0) is 17.0 Å². The number of nitrogen functional groups attached to an aromatic ring is 1. The van der Waals surface area contributed by atoms with Gasteiger partial charge in [0.1, 0.15) is 4.83 Å². The fourth-order valence-electron chi connectivity index (χ4n) is 2.86. The van der Waals surface area contributed by atoms with E-state index in [1.54, 1.807) is 11.3 Å². The maximum absolute atomic E-state index is 12.9. The van der Waals surface area contributed by atoms with Gasteiger partial charge in [0.2, 0.25) is 0 Å². The summed E-state index contributed by atoms with van der Waals surface area (Å²) in [5, 5.41) is 10.8. The highest BCUT2D eigenvalue weighted by atomic mass is 32.2. The monoisotopic (exact) mass is 439 g/mol. The summed E-state index contributed by atoms with van der Waals surface area (Å²) in [6.45, 7) is 0. The maximum atomic E-state index is 12.9. The first-order chi connectivity index (χ1) is 14.2. The van der Waals surface area contributed by atoms with E-state index in [0.717, 1.165) is 21.4 Å². The number of thioether (sulfide) groups is 1. The molecule has 10 heteroatoms. The van der Waals surface area contributed by atoms with Crippen LogP contribution in [0.15, 0.2) is 67.0 Å². The number of benzene rings is 1. The maximum Gasteiger partial charge on any atom is 0.282 e. The molecule has 0 bridgehead atoms. The van der Waals surface area contributed by atoms with Crippen molar-refractivity contribution in [1.82, 2.24) is 19.8 Å². The van der Waals surface area contributed by atoms with Crippen LogP contribution in [0.5, 0.6) is 0 Å². The Morgan fingerprint density at radius 2 is 1.97 bits per heavy atom. The number of aromatic nitrogens is 4. The molecule has 0 amide bonds. The van der Waals surface area contributed by atoms with Crippen molar-refractivity contribution in [3.05, 3.63) is 68.7 Å². The van der Waals surface area contributed by atoms with Gasteiger partial charge in [0, 0.05) is 16.3 Å². The van der Waals surface area contributed by atoms with Gasteiger partial charge in [-0.15, -0.1) is 11.3 Å². The first kappa shape index (κ1) is 18.1. The average Bonchev–Trinajstić information content (AvgIpc) is 3.50. The SMILES string of the molecule is Nn1c(SCc2noc(-c3ccsc3)n2)nc2scc(-c3ccccc3)c2c1=O. The van der Waals surface area contributed by atoms with E-state index in [0.29, 0.717) is 32.8 Å². The topological polar surface area (TPSA) is 99.8 Å². The summed E-state index contributed by atoms with van der Waals surface area (Å²) in [7, 11) is 0. The Balaban J connectivity index is 1.44. The number of nitrogens with two attached hydrogens (primary N) is 1. The molecule has 0 fully saturated rings. The smallest absolute Gasteiger partial charge is 0.282 e. The molecule has 0 aliphatic rings. The molecule has 0 saturated heterocycles. The lowest BCUT2D eigenvalue weighted by molar-refractivity contribution is 0.425. The molecule has 0 aliphatic carbocycles. The molecule has 0 aliphatic heterocycles. The molecule has 7 nitrogen and oxygen atoms in total. The van der Waals surface area contributed by atoms with Gasteiger partial charge in [0.15, 0.2) is 11.0 Å². The minimum Gasteiger partial charge on any atom is -0.334 e. The minimum atomic E-state index is -0.273. The van der Waals surface area contributed by atoms with E-state index in [4.69, 9.17) is 10.4 Å². The standard InChI is InChI=1S/C19H13N5O2S3/c20-24-18(25)15-13(11-4-2-1-3-5-11)9-28-17(15)22-19(24)29-10-14-21-16(26-23-14)12-6-7-27-8-12/h1-9H,10,20H2. The van der Waals surface area contributed by atoms with Gasteiger partial charge < -0.3 is 10.4 Å². The van der Waals surface area contributed by atoms with Crippen LogP contribution in [0.3, 0.4) is 0 Å². The number of hydrogen-bond donors (Lipinski definition) is 1. The molecule has 4 heterocycles. The molecule has 4 aromatic heterocycles. The molecule has 0 atom stereocenters. The zero-order chi connectivity index (χ0) is 19.8. The van der Waals surface area contributed by atoms with E-state index in [-0.39, 0.29) is 5.56 Å². The number of fused-ring (bicyclic) bond motifs is 1. The lowest BCUT2D eigenvalue weighted by Crippen LogP contribution is -2.29. The van der Waals surface area contributed by atoms with Gasteiger partial charge in [-0.3, -0.25) is 4.79 Å². The highest BCUT2D eigenvalue weighted by molar-refractivity contribution is 7.98. The quantitative estimate of drug-likeness (QED) is 0.248. The third-order valence-corrected chi connectivity index (χ3v) is 6.76. The number of hydrogen-bond acceptors (Lipinski definition) is 9. The summed E-state index contributed by atoms with van der Waals surface area (Å²) >= 11 is 4.29. The Hall–Kier alpha value is -2.95. The van der Waals surface area contributed by atoms with Crippen molar-refractivity contribution in [2.75, 3.05) is 5.84 Å². The van der Waals surface area contributed by atoms with Crippen LogP contribution in [0.25, 0.3) is 32.8 Å². The first-order valence-electron chi connectivity index (χ1n) is 8.53. The molecule has 29 heavy (non-hydrogen) atoms. The zero-order valence-corrected chi connectivity index (χ0v) is 17.3. The van der Waals surface area contributed by atoms with E-state index < -0.39 is 0 Å². The molecular formula is C19H13N5O2S3. The first-order valence-corrected chi connectivity index (χ1v) is 11.3. The number of nitrogens with zero attached hydrogens (tertiary/aromatic N) is 4. The van der Waals surface area contributed by atoms with Gasteiger partial charge in [-0.1, -0.05) is 47.3 Å². The van der Waals surface area contributed by atoms with Crippen molar-refractivity contribution in [2.45, 2.75) is 10.9 Å². The average molecular weight is 440 g/mol. The molecule has 1 aromatic carbocycles. The number of rotatable bonds is 5. The third-order valence-electron chi connectivity index (χ3n) is 4.26. The van der Waals surface area contributed by atoms with Gasteiger partial charge >= 0.3 is 0 Å². The van der Waals surface area contributed by atoms with E-state index in [1.165, 1.54) is 23.1 Å². The second-order valence-corrected chi connectivity index (χ2v) is 8.66. The van der Waals surface area contributed by atoms with Crippen molar-refractivity contribution >= 4 is 44.7 Å². The summed E-state index contributed by atoms with van der Waals surface area (Å²) in [6, 6.07) is 11.7. The lowest BCUT2D eigenvalue weighted by atomic mass is 10.1. The van der Waals surface area contributed by atoms with Crippen molar-refractivity contribution in [2.24, 2.45) is 0 Å². The van der Waals surface area contributed by atoms with E-state index >= 15 is 0 Å². The summed E-state index contributed by atoms with van der Waals surface area (Å²) in [4.78, 5) is 22.5. The van der Waals surface area contributed by atoms with Crippen LogP contribution in [0.1, 0.15) is 5.82 Å². The Bertz CT molecular complexity index is 1340. The molecule has 0 radical (unpaired) electrons. The van der Waals surface area contributed by atoms with E-state index in [1.807, 2.05) is 52.5 Å². The summed E-state index contributed by atoms with van der Waals surface area (Å²) in [6.07, 6.45) is 0. The fourth-order valence-corrected chi connectivity index (χ4v) is 5.24.